The number of hydrogen-bond donors (Lipinski definition) is 1. The highest BCUT2D eigenvalue weighted by Crippen LogP contribution is 2.42. The van der Waals surface area contributed by atoms with E-state index < -0.39 is 0 Å². The lowest BCUT2D eigenvalue weighted by atomic mass is 9.74. The number of hydrogen-bond acceptors (Lipinski definition) is 2. The zero-order valence-electron chi connectivity index (χ0n) is 10.2. The highest BCUT2D eigenvalue weighted by Gasteiger charge is 2.45. The van der Waals surface area contributed by atoms with Crippen LogP contribution in [0.25, 0.3) is 0 Å². The largest absolute Gasteiger partial charge is 0.396 e. The molecule has 0 radical (unpaired) electrons. The van der Waals surface area contributed by atoms with E-state index in [2.05, 4.69) is 18.7 Å². The molecule has 0 aromatic heterocycles. The predicted molar refractivity (Wildman–Crippen MR) is 62.8 cm³/mol. The number of aliphatic hydroxyl groups is 1. The molecule has 15 heavy (non-hydrogen) atoms. The topological polar surface area (TPSA) is 23.5 Å². The van der Waals surface area contributed by atoms with Crippen molar-refractivity contribution in [2.75, 3.05) is 19.7 Å². The van der Waals surface area contributed by atoms with E-state index in [4.69, 9.17) is 0 Å². The summed E-state index contributed by atoms with van der Waals surface area (Å²) in [6, 6.07) is 0.696. The average molecular weight is 211 g/mol. The Morgan fingerprint density at radius 1 is 1.20 bits per heavy atom. The normalized spacial score (nSPS) is 35.4. The molecule has 1 N–H and O–H groups in total. The molecule has 0 aromatic rings. The average Bonchev–Trinajstić information content (AvgIpc) is 2.66. The maximum Gasteiger partial charge on any atom is 0.0474 e. The Labute approximate surface area is 93.7 Å². The molecule has 1 saturated carbocycles. The molecular weight excluding hydrogens is 186 g/mol. The van der Waals surface area contributed by atoms with Gasteiger partial charge in [-0.3, -0.25) is 4.90 Å². The molecule has 2 atom stereocenters. The predicted octanol–water partition coefficient (Wildman–Crippen LogP) is 2.27. The summed E-state index contributed by atoms with van der Waals surface area (Å²) < 4.78 is 0. The Hall–Kier alpha value is -0.0800. The lowest BCUT2D eigenvalue weighted by molar-refractivity contribution is -0.0523. The SMILES string of the molecule is CCC1(CC)CN(C2CCCC2CO)C1. The van der Waals surface area contributed by atoms with Crippen LogP contribution in [0.15, 0.2) is 0 Å². The first kappa shape index (κ1) is 11.4. The van der Waals surface area contributed by atoms with Gasteiger partial charge < -0.3 is 5.11 Å². The molecular formula is C13H25NO. The summed E-state index contributed by atoms with van der Waals surface area (Å²) >= 11 is 0. The summed E-state index contributed by atoms with van der Waals surface area (Å²) in [5.74, 6) is 0.566. The minimum atomic E-state index is 0.395. The van der Waals surface area contributed by atoms with Gasteiger partial charge in [0.1, 0.15) is 0 Å². The van der Waals surface area contributed by atoms with Gasteiger partial charge in [-0.2, -0.15) is 0 Å². The van der Waals surface area contributed by atoms with Crippen LogP contribution >= 0.6 is 0 Å². The number of nitrogens with zero attached hydrogens (tertiary/aromatic N) is 1. The highest BCUT2D eigenvalue weighted by atomic mass is 16.3. The third kappa shape index (κ3) is 1.94. The summed E-state index contributed by atoms with van der Waals surface area (Å²) in [5, 5.41) is 9.32. The fraction of sp³-hybridized carbons (Fsp3) is 1.00. The lowest BCUT2D eigenvalue weighted by Crippen LogP contribution is -2.60. The molecule has 1 saturated heterocycles. The van der Waals surface area contributed by atoms with Gasteiger partial charge in [0.2, 0.25) is 0 Å². The molecule has 0 aromatic carbocycles. The highest BCUT2D eigenvalue weighted by molar-refractivity contribution is 4.98. The van der Waals surface area contributed by atoms with E-state index in [-0.39, 0.29) is 0 Å². The molecule has 2 heteroatoms. The van der Waals surface area contributed by atoms with E-state index >= 15 is 0 Å². The quantitative estimate of drug-likeness (QED) is 0.771. The van der Waals surface area contributed by atoms with Crippen molar-refractivity contribution in [3.8, 4) is 0 Å². The first-order valence-corrected chi connectivity index (χ1v) is 6.59. The van der Waals surface area contributed by atoms with E-state index in [1.54, 1.807) is 0 Å². The van der Waals surface area contributed by atoms with Crippen molar-refractivity contribution in [2.45, 2.75) is 52.0 Å². The fourth-order valence-electron chi connectivity index (χ4n) is 3.46. The standard InChI is InChI=1S/C13H25NO/c1-3-13(4-2)9-14(10-13)12-7-5-6-11(12)8-15/h11-12,15H,3-10H2,1-2H3. The van der Waals surface area contributed by atoms with Crippen LogP contribution in [0.4, 0.5) is 0 Å². The van der Waals surface area contributed by atoms with Gasteiger partial charge in [0, 0.05) is 25.7 Å². The van der Waals surface area contributed by atoms with Crippen molar-refractivity contribution in [1.29, 1.82) is 0 Å². The van der Waals surface area contributed by atoms with Crippen LogP contribution in [0, 0.1) is 11.3 Å². The van der Waals surface area contributed by atoms with Gasteiger partial charge in [-0.1, -0.05) is 20.3 Å². The van der Waals surface area contributed by atoms with Crippen LogP contribution in [0.2, 0.25) is 0 Å². The van der Waals surface area contributed by atoms with Crippen molar-refractivity contribution in [1.82, 2.24) is 4.90 Å². The Balaban J connectivity index is 1.88. The first-order valence-electron chi connectivity index (χ1n) is 6.59. The van der Waals surface area contributed by atoms with E-state index in [9.17, 15) is 5.11 Å². The van der Waals surface area contributed by atoms with Crippen molar-refractivity contribution in [2.24, 2.45) is 11.3 Å². The minimum Gasteiger partial charge on any atom is -0.396 e. The second-order valence-corrected chi connectivity index (χ2v) is 5.55. The molecule has 0 amide bonds. The summed E-state index contributed by atoms with van der Waals surface area (Å²) in [5.41, 5.74) is 0.614. The van der Waals surface area contributed by atoms with E-state index in [1.165, 1.54) is 45.2 Å². The van der Waals surface area contributed by atoms with Crippen LogP contribution in [0.1, 0.15) is 46.0 Å². The molecule has 0 spiro atoms. The van der Waals surface area contributed by atoms with Gasteiger partial charge in [-0.05, 0) is 37.0 Å². The lowest BCUT2D eigenvalue weighted by Gasteiger charge is -2.53. The van der Waals surface area contributed by atoms with E-state index in [0.29, 0.717) is 24.0 Å². The van der Waals surface area contributed by atoms with Crippen molar-refractivity contribution >= 4 is 0 Å². The third-order valence-electron chi connectivity index (χ3n) is 4.90. The molecule has 88 valence electrons. The maximum absolute atomic E-state index is 9.32. The van der Waals surface area contributed by atoms with Crippen molar-refractivity contribution in [3.05, 3.63) is 0 Å². The molecule has 2 nitrogen and oxygen atoms in total. The Bertz CT molecular complexity index is 205. The molecule has 2 aliphatic rings. The first-order chi connectivity index (χ1) is 7.24. The number of likely N-dealkylation sites (tertiary alicyclic amines) is 1. The van der Waals surface area contributed by atoms with Gasteiger partial charge in [-0.25, -0.2) is 0 Å². The van der Waals surface area contributed by atoms with Gasteiger partial charge in [-0.15, -0.1) is 0 Å². The van der Waals surface area contributed by atoms with Gasteiger partial charge in [0.15, 0.2) is 0 Å². The maximum atomic E-state index is 9.32. The summed E-state index contributed by atoms with van der Waals surface area (Å²) in [7, 11) is 0. The number of rotatable bonds is 4. The van der Waals surface area contributed by atoms with Crippen LogP contribution < -0.4 is 0 Å². The molecule has 1 aliphatic carbocycles. The molecule has 2 unspecified atom stereocenters. The van der Waals surface area contributed by atoms with Gasteiger partial charge in [0.25, 0.3) is 0 Å². The summed E-state index contributed by atoms with van der Waals surface area (Å²) in [4.78, 5) is 2.63. The van der Waals surface area contributed by atoms with E-state index in [1.807, 2.05) is 0 Å². The van der Waals surface area contributed by atoms with Gasteiger partial charge >= 0.3 is 0 Å². The molecule has 0 bridgehead atoms. The summed E-state index contributed by atoms with van der Waals surface area (Å²) in [6.07, 6.45) is 6.50. The van der Waals surface area contributed by atoms with Crippen molar-refractivity contribution < 1.29 is 5.11 Å². The molecule has 2 rings (SSSR count). The zero-order chi connectivity index (χ0) is 10.9. The summed E-state index contributed by atoms with van der Waals surface area (Å²) in [6.45, 7) is 7.59. The monoisotopic (exact) mass is 211 g/mol. The van der Waals surface area contributed by atoms with Crippen LogP contribution in [-0.2, 0) is 0 Å². The second-order valence-electron chi connectivity index (χ2n) is 5.55. The van der Waals surface area contributed by atoms with Crippen LogP contribution in [-0.4, -0.2) is 35.7 Å². The Kier molecular flexibility index (Phi) is 3.36. The second kappa shape index (κ2) is 4.42. The molecule has 1 heterocycles. The molecule has 1 aliphatic heterocycles. The van der Waals surface area contributed by atoms with Gasteiger partial charge in [0.05, 0.1) is 0 Å². The minimum absolute atomic E-state index is 0.395. The smallest absolute Gasteiger partial charge is 0.0474 e. The third-order valence-corrected chi connectivity index (χ3v) is 4.90. The fourth-order valence-corrected chi connectivity index (χ4v) is 3.46. The zero-order valence-corrected chi connectivity index (χ0v) is 10.2. The van der Waals surface area contributed by atoms with Crippen LogP contribution in [0.3, 0.4) is 0 Å². The molecule has 2 fully saturated rings. The Morgan fingerprint density at radius 2 is 1.87 bits per heavy atom. The van der Waals surface area contributed by atoms with E-state index in [0.717, 1.165) is 0 Å². The number of aliphatic hydroxyl groups excluding tert-OH is 1. The van der Waals surface area contributed by atoms with Crippen molar-refractivity contribution in [3.63, 3.8) is 0 Å². The van der Waals surface area contributed by atoms with Crippen LogP contribution in [0.5, 0.6) is 0 Å². The Morgan fingerprint density at radius 3 is 2.40 bits per heavy atom.